The quantitative estimate of drug-likeness (QED) is 0.686. The number of hydrogen-bond donors (Lipinski definition) is 2. The number of rotatable bonds is 5. The van der Waals surface area contributed by atoms with E-state index < -0.39 is 5.41 Å². The van der Waals surface area contributed by atoms with E-state index in [-0.39, 0.29) is 17.6 Å². The molecule has 1 fully saturated rings. The van der Waals surface area contributed by atoms with Gasteiger partial charge in [0.2, 0.25) is 0 Å². The zero-order chi connectivity index (χ0) is 24.2. The van der Waals surface area contributed by atoms with Crippen molar-refractivity contribution in [2.45, 2.75) is 63.7 Å². The topological polar surface area (TPSA) is 92.9 Å². The molecule has 0 aliphatic carbocycles. The van der Waals surface area contributed by atoms with Crippen LogP contribution >= 0.6 is 0 Å². The molecule has 1 saturated heterocycles. The Labute approximate surface area is 205 Å². The van der Waals surface area contributed by atoms with Gasteiger partial charge < -0.3 is 15.4 Å². The number of benzene rings is 1. The summed E-state index contributed by atoms with van der Waals surface area (Å²) in [7, 11) is 0. The number of aromatic nitrogens is 2. The number of ether oxygens (including phenoxy) is 1. The Morgan fingerprint density at radius 1 is 1.26 bits per heavy atom. The zero-order valence-electron chi connectivity index (χ0n) is 20.5. The summed E-state index contributed by atoms with van der Waals surface area (Å²) in [6.45, 7) is 8.78. The lowest BCUT2D eigenvalue weighted by atomic mass is 9.62. The SMILES string of the molecule is CC[C@@]1(c2cccc(-c3cnn(CC4CCOC4)c3)c2)C2=CN=NC2NC2=C1C(=O)NC(C)(C)C2. The van der Waals surface area contributed by atoms with Crippen molar-refractivity contribution in [3.63, 3.8) is 0 Å². The molecule has 6 rings (SSSR count). The number of nitrogens with one attached hydrogen (secondary N) is 2. The maximum absolute atomic E-state index is 13.6. The fourth-order valence-electron chi connectivity index (χ4n) is 6.18. The molecule has 5 heterocycles. The van der Waals surface area contributed by atoms with Crippen LogP contribution in [0, 0.1) is 5.92 Å². The molecule has 0 saturated carbocycles. The lowest BCUT2D eigenvalue weighted by Gasteiger charge is -2.48. The number of carbonyl (C=O) groups is 1. The van der Waals surface area contributed by atoms with Crippen LogP contribution in [0.4, 0.5) is 0 Å². The van der Waals surface area contributed by atoms with Crippen LogP contribution < -0.4 is 10.6 Å². The monoisotopic (exact) mass is 472 g/mol. The highest BCUT2D eigenvalue weighted by Gasteiger charge is 2.53. The second kappa shape index (κ2) is 8.16. The molecule has 0 radical (unpaired) electrons. The minimum Gasteiger partial charge on any atom is -0.381 e. The van der Waals surface area contributed by atoms with Crippen molar-refractivity contribution >= 4 is 5.91 Å². The minimum absolute atomic E-state index is 0.0196. The van der Waals surface area contributed by atoms with Gasteiger partial charge in [-0.15, -0.1) is 0 Å². The van der Waals surface area contributed by atoms with Crippen LogP contribution in [0.1, 0.15) is 45.6 Å². The predicted molar refractivity (Wildman–Crippen MR) is 132 cm³/mol. The lowest BCUT2D eigenvalue weighted by Crippen LogP contribution is -2.58. The van der Waals surface area contributed by atoms with Gasteiger partial charge in [0.1, 0.15) is 0 Å². The molecule has 4 aliphatic rings. The van der Waals surface area contributed by atoms with Gasteiger partial charge in [-0.1, -0.05) is 25.1 Å². The van der Waals surface area contributed by atoms with Gasteiger partial charge in [0.25, 0.3) is 5.91 Å². The molecule has 3 atom stereocenters. The summed E-state index contributed by atoms with van der Waals surface area (Å²) < 4.78 is 7.54. The Kier molecular flexibility index (Phi) is 5.18. The molecule has 1 aromatic carbocycles. The Morgan fingerprint density at radius 3 is 2.94 bits per heavy atom. The van der Waals surface area contributed by atoms with Crippen LogP contribution in [0.2, 0.25) is 0 Å². The van der Waals surface area contributed by atoms with Gasteiger partial charge in [-0.3, -0.25) is 9.48 Å². The Morgan fingerprint density at radius 2 is 2.14 bits per heavy atom. The summed E-state index contributed by atoms with van der Waals surface area (Å²) in [6, 6.07) is 8.54. The molecule has 0 spiro atoms. The van der Waals surface area contributed by atoms with Crippen LogP contribution in [0.25, 0.3) is 11.1 Å². The van der Waals surface area contributed by atoms with Gasteiger partial charge in [-0.05, 0) is 43.9 Å². The van der Waals surface area contributed by atoms with Crippen molar-refractivity contribution < 1.29 is 9.53 Å². The van der Waals surface area contributed by atoms with E-state index in [0.717, 1.165) is 72.6 Å². The van der Waals surface area contributed by atoms with Gasteiger partial charge in [-0.25, -0.2) is 0 Å². The van der Waals surface area contributed by atoms with E-state index in [1.165, 1.54) is 0 Å². The fraction of sp³-hybridized carbons (Fsp3) is 0.481. The molecular weight excluding hydrogens is 440 g/mol. The fourth-order valence-corrected chi connectivity index (χ4v) is 6.18. The van der Waals surface area contributed by atoms with Gasteiger partial charge in [-0.2, -0.15) is 15.3 Å². The standard InChI is InChI=1S/C27H32N6O2/c1-4-27(21-13-28-32-24(21)30-22-11-26(2,3)31-25(34)23(22)27)20-7-5-6-18(10-20)19-12-29-33(15-19)14-17-8-9-35-16-17/h5-7,10,12-13,15,17,24,30H,4,8-9,11,14,16H2,1-3H3,(H,31,34)/t17?,24?,27-/m1/s1. The van der Waals surface area contributed by atoms with E-state index in [1.807, 2.05) is 17.1 Å². The summed E-state index contributed by atoms with van der Waals surface area (Å²) >= 11 is 0. The number of fused-ring (bicyclic) bond motifs is 1. The van der Waals surface area contributed by atoms with Gasteiger partial charge in [0, 0.05) is 54.1 Å². The van der Waals surface area contributed by atoms with Crippen LogP contribution in [0.5, 0.6) is 0 Å². The number of azo groups is 1. The summed E-state index contributed by atoms with van der Waals surface area (Å²) in [4.78, 5) is 13.6. The van der Waals surface area contributed by atoms with E-state index in [4.69, 9.17) is 4.74 Å². The number of amides is 1. The third kappa shape index (κ3) is 3.62. The van der Waals surface area contributed by atoms with Crippen molar-refractivity contribution in [2.24, 2.45) is 16.1 Å². The molecule has 0 bridgehead atoms. The maximum Gasteiger partial charge on any atom is 0.250 e. The highest BCUT2D eigenvalue weighted by molar-refractivity contribution is 6.00. The first kappa shape index (κ1) is 22.2. The van der Waals surface area contributed by atoms with E-state index in [9.17, 15) is 4.79 Å². The molecule has 35 heavy (non-hydrogen) atoms. The molecule has 4 aliphatic heterocycles. The molecule has 182 valence electrons. The van der Waals surface area contributed by atoms with E-state index in [2.05, 4.69) is 77.2 Å². The molecule has 2 unspecified atom stereocenters. The molecule has 8 nitrogen and oxygen atoms in total. The second-order valence-corrected chi connectivity index (χ2v) is 10.8. The third-order valence-corrected chi connectivity index (χ3v) is 7.83. The number of carbonyl (C=O) groups excluding carboxylic acids is 1. The molecular formula is C27H32N6O2. The Hall–Kier alpha value is -3.26. The van der Waals surface area contributed by atoms with E-state index >= 15 is 0 Å². The summed E-state index contributed by atoms with van der Waals surface area (Å²) in [5, 5.41) is 20.1. The zero-order valence-corrected chi connectivity index (χ0v) is 20.5. The largest absolute Gasteiger partial charge is 0.381 e. The van der Waals surface area contributed by atoms with E-state index in [0.29, 0.717) is 5.92 Å². The number of hydrogen-bond acceptors (Lipinski definition) is 6. The van der Waals surface area contributed by atoms with Gasteiger partial charge >= 0.3 is 0 Å². The first-order chi connectivity index (χ1) is 16.9. The number of nitrogens with zero attached hydrogens (tertiary/aromatic N) is 4. The average molecular weight is 473 g/mol. The lowest BCUT2D eigenvalue weighted by molar-refractivity contribution is -0.120. The smallest absolute Gasteiger partial charge is 0.250 e. The van der Waals surface area contributed by atoms with Crippen LogP contribution in [-0.2, 0) is 21.5 Å². The van der Waals surface area contributed by atoms with Crippen molar-refractivity contribution in [1.29, 1.82) is 0 Å². The summed E-state index contributed by atoms with van der Waals surface area (Å²) in [6.07, 6.45) is 8.19. The van der Waals surface area contributed by atoms with Crippen molar-refractivity contribution in [2.75, 3.05) is 13.2 Å². The van der Waals surface area contributed by atoms with E-state index in [1.54, 1.807) is 0 Å². The highest BCUT2D eigenvalue weighted by Crippen LogP contribution is 2.51. The normalized spacial score (nSPS) is 28.9. The molecule has 2 aromatic rings. The first-order valence-electron chi connectivity index (χ1n) is 12.5. The van der Waals surface area contributed by atoms with Crippen molar-refractivity contribution in [1.82, 2.24) is 20.4 Å². The van der Waals surface area contributed by atoms with Crippen LogP contribution in [0.3, 0.4) is 0 Å². The first-order valence-corrected chi connectivity index (χ1v) is 12.5. The predicted octanol–water partition coefficient (Wildman–Crippen LogP) is 4.07. The highest BCUT2D eigenvalue weighted by atomic mass is 16.5. The van der Waals surface area contributed by atoms with Crippen molar-refractivity contribution in [3.05, 3.63) is 65.3 Å². The third-order valence-electron chi connectivity index (χ3n) is 7.83. The van der Waals surface area contributed by atoms with Gasteiger partial charge in [0.15, 0.2) is 6.17 Å². The van der Waals surface area contributed by atoms with Crippen LogP contribution in [0.15, 0.2) is 69.9 Å². The molecule has 2 N–H and O–H groups in total. The van der Waals surface area contributed by atoms with Crippen LogP contribution in [-0.4, -0.2) is 40.6 Å². The van der Waals surface area contributed by atoms with Crippen molar-refractivity contribution in [3.8, 4) is 11.1 Å². The minimum atomic E-state index is -0.595. The molecule has 1 aromatic heterocycles. The Balaban J connectivity index is 1.43. The average Bonchev–Trinajstić information content (AvgIpc) is 3.59. The second-order valence-electron chi connectivity index (χ2n) is 10.8. The Bertz CT molecular complexity index is 1270. The molecule has 1 amide bonds. The summed E-state index contributed by atoms with van der Waals surface area (Å²) in [5.41, 5.74) is 5.13. The maximum atomic E-state index is 13.6. The summed E-state index contributed by atoms with van der Waals surface area (Å²) in [5.74, 6) is 0.499. The molecule has 8 heteroatoms. The van der Waals surface area contributed by atoms with Gasteiger partial charge in [0.05, 0.1) is 30.0 Å².